The van der Waals surface area contributed by atoms with E-state index in [4.69, 9.17) is 9.97 Å². The molecule has 0 bridgehead atoms. The van der Waals surface area contributed by atoms with Gasteiger partial charge in [0.25, 0.3) is 0 Å². The van der Waals surface area contributed by atoms with Gasteiger partial charge >= 0.3 is 0 Å². The molecule has 0 unspecified atom stereocenters. The first kappa shape index (κ1) is 30.6. The maximum atomic E-state index is 4.88. The molecule has 4 aromatic heterocycles. The smallest absolute Gasteiger partial charge is 0.114 e. The topological polar surface area (TPSA) is 38.7 Å². The Morgan fingerprint density at radius 2 is 1.51 bits per heavy atom. The number of pyridine rings is 3. The second kappa shape index (κ2) is 13.2. The molecular weight excluding hydrogens is 739 g/mol. The van der Waals surface area contributed by atoms with Crippen molar-refractivity contribution >= 4 is 44.9 Å². The van der Waals surface area contributed by atoms with Crippen LogP contribution in [0.3, 0.4) is 0 Å². The average Bonchev–Trinajstić information content (AvgIpc) is 3.39. The van der Waals surface area contributed by atoms with Crippen LogP contribution in [0.15, 0.2) is 116 Å². The molecule has 7 rings (SSSR count). The predicted molar refractivity (Wildman–Crippen MR) is 181 cm³/mol. The summed E-state index contributed by atoms with van der Waals surface area (Å²) in [7, 11) is -1.54. The number of aryl methyl sites for hydroxylation is 1. The summed E-state index contributed by atoms with van der Waals surface area (Å²) < 4.78 is 1.22. The van der Waals surface area contributed by atoms with E-state index in [1.807, 2.05) is 49.4 Å². The van der Waals surface area contributed by atoms with Crippen molar-refractivity contribution in [2.45, 2.75) is 26.6 Å². The number of fused-ring (bicyclic) bond motifs is 3. The van der Waals surface area contributed by atoms with Crippen LogP contribution in [0.4, 0.5) is 0 Å². The number of hydrogen-bond donors (Lipinski definition) is 0. The Labute approximate surface area is 272 Å². The fourth-order valence-corrected chi connectivity index (χ4v) is 7.53. The maximum Gasteiger partial charge on any atom is 0.114 e. The summed E-state index contributed by atoms with van der Waals surface area (Å²) in [4.78, 5) is 14.9. The van der Waals surface area contributed by atoms with Crippen molar-refractivity contribution in [3.8, 4) is 33.6 Å². The molecule has 0 aliphatic rings. The van der Waals surface area contributed by atoms with Gasteiger partial charge in [0.1, 0.15) is 4.83 Å². The third-order valence-corrected chi connectivity index (χ3v) is 10.2. The zero-order valence-electron chi connectivity index (χ0n) is 24.6. The maximum absolute atomic E-state index is 4.88. The number of thiophene rings is 1. The van der Waals surface area contributed by atoms with Gasteiger partial charge in [0.05, 0.1) is 8.07 Å². The van der Waals surface area contributed by atoms with Gasteiger partial charge in [0.2, 0.25) is 0 Å². The van der Waals surface area contributed by atoms with Gasteiger partial charge < -0.3 is 9.97 Å². The van der Waals surface area contributed by atoms with E-state index in [9.17, 15) is 0 Å². The Kier molecular flexibility index (Phi) is 9.43. The van der Waals surface area contributed by atoms with Crippen LogP contribution >= 0.6 is 11.3 Å². The standard InChI is InChI=1S/C26H23N2SSi.C11H8N.Ir/c1-17-10-12-20-22-14-19(11-13-24(22)29-26(20)28-17)23-15-21(18-8-6-5-7-9-18)25(16-27-23)30(2,3)4;1-2-6-10(7-3-1)11-8-4-5-9-12-11;/h5-10,12-16H,1-4H3;1-6,8-9H;/q2*-1;. The Hall–Kier alpha value is -3.80. The molecule has 215 valence electrons. The Bertz CT molecular complexity index is 1930. The van der Waals surface area contributed by atoms with Crippen molar-refractivity contribution in [2.24, 2.45) is 0 Å². The first-order valence-corrected chi connectivity index (χ1v) is 18.3. The molecule has 4 heterocycles. The van der Waals surface area contributed by atoms with E-state index < -0.39 is 8.07 Å². The molecule has 0 aliphatic heterocycles. The Morgan fingerprint density at radius 1 is 0.721 bits per heavy atom. The minimum absolute atomic E-state index is 0. The van der Waals surface area contributed by atoms with Crippen LogP contribution in [0.1, 0.15) is 5.69 Å². The molecule has 0 spiro atoms. The quantitative estimate of drug-likeness (QED) is 0.132. The summed E-state index contributed by atoms with van der Waals surface area (Å²) in [5.74, 6) is 0. The van der Waals surface area contributed by atoms with Crippen molar-refractivity contribution in [1.82, 2.24) is 15.0 Å². The summed E-state index contributed by atoms with van der Waals surface area (Å²) in [5, 5.41) is 3.82. The van der Waals surface area contributed by atoms with Gasteiger partial charge in [0, 0.05) is 38.2 Å². The van der Waals surface area contributed by atoms with Gasteiger partial charge in [-0.1, -0.05) is 79.6 Å². The zero-order valence-corrected chi connectivity index (χ0v) is 28.8. The van der Waals surface area contributed by atoms with Crippen LogP contribution < -0.4 is 5.19 Å². The zero-order chi connectivity index (χ0) is 29.1. The minimum Gasteiger partial charge on any atom is -0.305 e. The van der Waals surface area contributed by atoms with E-state index >= 15 is 0 Å². The monoisotopic (exact) mass is 770 g/mol. The van der Waals surface area contributed by atoms with Gasteiger partial charge in [0.15, 0.2) is 0 Å². The van der Waals surface area contributed by atoms with E-state index in [-0.39, 0.29) is 20.1 Å². The van der Waals surface area contributed by atoms with Gasteiger partial charge in [-0.25, -0.2) is 4.98 Å². The fraction of sp³-hybridized carbons (Fsp3) is 0.108. The first-order chi connectivity index (χ1) is 20.4. The SMILES string of the molecule is Cc1ccc2c(n1)sc1c[c-]c(-c3cc(-c4ccccc4)c([Si](C)(C)C)cn3)cc12.[Ir].[c-]1ccccc1-c1ccccn1. The second-order valence-corrected chi connectivity index (χ2v) is 17.3. The largest absolute Gasteiger partial charge is 0.305 e. The second-order valence-electron chi connectivity index (χ2n) is 11.3. The molecule has 0 fully saturated rings. The van der Waals surface area contributed by atoms with Gasteiger partial charge in [-0.05, 0) is 56.8 Å². The van der Waals surface area contributed by atoms with Crippen LogP contribution in [0.5, 0.6) is 0 Å². The van der Waals surface area contributed by atoms with Crippen LogP contribution in [-0.4, -0.2) is 23.0 Å². The average molecular weight is 770 g/mol. The van der Waals surface area contributed by atoms with Crippen LogP contribution in [0.2, 0.25) is 19.6 Å². The molecule has 1 radical (unpaired) electrons. The number of benzene rings is 3. The van der Waals surface area contributed by atoms with Gasteiger partial charge in [-0.2, -0.15) is 11.3 Å². The van der Waals surface area contributed by atoms with E-state index in [0.29, 0.717) is 0 Å². The summed E-state index contributed by atoms with van der Waals surface area (Å²) in [6.45, 7) is 9.17. The summed E-state index contributed by atoms with van der Waals surface area (Å²) in [6, 6.07) is 41.8. The molecule has 0 atom stereocenters. The number of nitrogens with zero attached hydrogens (tertiary/aromatic N) is 3. The molecule has 43 heavy (non-hydrogen) atoms. The third-order valence-electron chi connectivity index (χ3n) is 7.13. The molecule has 0 amide bonds. The predicted octanol–water partition coefficient (Wildman–Crippen LogP) is 9.38. The van der Waals surface area contributed by atoms with Crippen molar-refractivity contribution in [1.29, 1.82) is 0 Å². The molecule has 0 saturated heterocycles. The fourth-order valence-electron chi connectivity index (χ4n) is 4.97. The summed E-state index contributed by atoms with van der Waals surface area (Å²) in [6.07, 6.45) is 3.88. The molecule has 3 aromatic carbocycles. The normalized spacial score (nSPS) is 11.1. The van der Waals surface area contributed by atoms with Crippen molar-refractivity contribution in [2.75, 3.05) is 0 Å². The molecule has 0 aliphatic carbocycles. The number of aromatic nitrogens is 3. The molecule has 3 nitrogen and oxygen atoms in total. The molecule has 7 aromatic rings. The van der Waals surface area contributed by atoms with Crippen LogP contribution in [0.25, 0.3) is 53.9 Å². The molecule has 0 N–H and O–H groups in total. The van der Waals surface area contributed by atoms with Crippen molar-refractivity contribution in [3.05, 3.63) is 133 Å². The first-order valence-electron chi connectivity index (χ1n) is 14.0. The minimum atomic E-state index is -1.54. The number of rotatable bonds is 4. The van der Waals surface area contributed by atoms with Crippen LogP contribution in [0, 0.1) is 19.1 Å². The van der Waals surface area contributed by atoms with E-state index in [1.54, 1.807) is 17.5 Å². The molecular formula is C37H31IrN3SSi-2. The van der Waals surface area contributed by atoms with Crippen molar-refractivity contribution < 1.29 is 20.1 Å². The third kappa shape index (κ3) is 6.89. The van der Waals surface area contributed by atoms with E-state index in [0.717, 1.165) is 33.0 Å². The van der Waals surface area contributed by atoms with Gasteiger partial charge in [-0.3, -0.25) is 0 Å². The van der Waals surface area contributed by atoms with E-state index in [1.165, 1.54) is 31.8 Å². The molecule has 6 heteroatoms. The number of hydrogen-bond acceptors (Lipinski definition) is 4. The molecule has 0 saturated carbocycles. The Balaban J connectivity index is 0.000000238. The van der Waals surface area contributed by atoms with E-state index in [2.05, 4.69) is 104 Å². The summed E-state index contributed by atoms with van der Waals surface area (Å²) >= 11 is 1.73. The summed E-state index contributed by atoms with van der Waals surface area (Å²) in [5.41, 5.74) is 7.60. The van der Waals surface area contributed by atoms with Crippen molar-refractivity contribution in [3.63, 3.8) is 0 Å². The Morgan fingerprint density at radius 3 is 2.23 bits per heavy atom. The van der Waals surface area contributed by atoms with Gasteiger partial charge in [-0.15, -0.1) is 59.7 Å². The van der Waals surface area contributed by atoms with Crippen LogP contribution in [-0.2, 0) is 20.1 Å².